The lowest BCUT2D eigenvalue weighted by molar-refractivity contribution is -0.137. The Kier molecular flexibility index (Phi) is 7.79. The van der Waals surface area contributed by atoms with Gasteiger partial charge in [0.2, 0.25) is 0 Å². The number of carbonyl (C=O) groups excluding carboxylic acids is 2. The van der Waals surface area contributed by atoms with Gasteiger partial charge < -0.3 is 15.5 Å². The van der Waals surface area contributed by atoms with Gasteiger partial charge in [-0.3, -0.25) is 19.1 Å². The van der Waals surface area contributed by atoms with Gasteiger partial charge in [0.05, 0.1) is 29.9 Å². The Balaban J connectivity index is 1.28. The zero-order valence-corrected chi connectivity index (χ0v) is 23.6. The number of rotatable bonds is 8. The van der Waals surface area contributed by atoms with Crippen molar-refractivity contribution in [2.24, 2.45) is 0 Å². The van der Waals surface area contributed by atoms with Crippen LogP contribution < -0.4 is 10.6 Å². The summed E-state index contributed by atoms with van der Waals surface area (Å²) in [4.78, 5) is 30.1. The summed E-state index contributed by atoms with van der Waals surface area (Å²) in [7, 11) is 0. The first-order chi connectivity index (χ1) is 21.6. The molecular weight excluding hydrogens is 592 g/mol. The molecule has 0 radical (unpaired) electrons. The van der Waals surface area contributed by atoms with E-state index in [1.165, 1.54) is 17.0 Å². The third-order valence-electron chi connectivity index (χ3n) is 7.40. The van der Waals surface area contributed by atoms with Crippen LogP contribution in [0.1, 0.15) is 11.6 Å². The molecule has 5 aromatic rings. The van der Waals surface area contributed by atoms with Crippen LogP contribution in [0.2, 0.25) is 0 Å². The van der Waals surface area contributed by atoms with Gasteiger partial charge in [0.25, 0.3) is 5.91 Å². The number of nitrogens with one attached hydrogen (secondary N) is 2. The number of carbonyl (C=O) groups is 2. The van der Waals surface area contributed by atoms with Crippen LogP contribution in [-0.2, 0) is 17.5 Å². The summed E-state index contributed by atoms with van der Waals surface area (Å²) in [6.45, 7) is 4.07. The highest BCUT2D eigenvalue weighted by atomic mass is 19.4. The number of likely N-dealkylation sites (tertiary alicyclic amines) is 1. The number of alkyl halides is 3. The molecular formula is C31H26F4N8O2. The third-order valence-corrected chi connectivity index (χ3v) is 7.40. The summed E-state index contributed by atoms with van der Waals surface area (Å²) in [5, 5.41) is 14.7. The lowest BCUT2D eigenvalue weighted by atomic mass is 10.0. The number of amides is 3. The number of pyridine rings is 1. The van der Waals surface area contributed by atoms with Crippen molar-refractivity contribution in [3.63, 3.8) is 0 Å². The Bertz CT molecular complexity index is 1880. The van der Waals surface area contributed by atoms with Crippen LogP contribution in [0.15, 0.2) is 91.7 Å². The van der Waals surface area contributed by atoms with Crippen LogP contribution in [0.4, 0.5) is 28.0 Å². The summed E-state index contributed by atoms with van der Waals surface area (Å²) < 4.78 is 56.5. The summed E-state index contributed by atoms with van der Waals surface area (Å²) in [5.74, 6) is -1.87. The average molecular weight is 619 g/mol. The quantitative estimate of drug-likeness (QED) is 0.172. The monoisotopic (exact) mass is 618 g/mol. The lowest BCUT2D eigenvalue weighted by Gasteiger charge is -2.39. The van der Waals surface area contributed by atoms with Gasteiger partial charge in [-0.25, -0.2) is 9.18 Å². The number of para-hydroxylation sites is 1. The number of hydrogen-bond acceptors (Lipinski definition) is 5. The first kappa shape index (κ1) is 29.5. The number of fused-ring (bicyclic) bond motifs is 1. The minimum atomic E-state index is -4.49. The Morgan fingerprint density at radius 3 is 2.42 bits per heavy atom. The van der Waals surface area contributed by atoms with Gasteiger partial charge in [0.1, 0.15) is 11.2 Å². The summed E-state index contributed by atoms with van der Waals surface area (Å²) in [6.07, 6.45) is 0.533. The number of hydrogen-bond donors (Lipinski definition) is 2. The normalized spacial score (nSPS) is 13.5. The second-order valence-electron chi connectivity index (χ2n) is 10.4. The molecule has 45 heavy (non-hydrogen) atoms. The SMILES string of the molecule is C=C(F)C(=O)N1CC(n2nc(-c3ccc(C(F)(F)F)cc3)c3nccc(-c4cnn(CCNC(=O)Nc5ccccc5)c4)c32)C1. The van der Waals surface area contributed by atoms with Gasteiger partial charge >= 0.3 is 12.2 Å². The van der Waals surface area contributed by atoms with E-state index in [2.05, 4.69) is 27.3 Å². The highest BCUT2D eigenvalue weighted by molar-refractivity contribution is 5.99. The molecule has 0 atom stereocenters. The van der Waals surface area contributed by atoms with E-state index in [4.69, 9.17) is 5.10 Å². The Morgan fingerprint density at radius 2 is 1.73 bits per heavy atom. The van der Waals surface area contributed by atoms with Crippen molar-refractivity contribution in [1.29, 1.82) is 0 Å². The molecule has 10 nitrogen and oxygen atoms in total. The number of halogens is 4. The molecule has 0 unspecified atom stereocenters. The fraction of sp³-hybridized carbons (Fsp3) is 0.194. The smallest absolute Gasteiger partial charge is 0.336 e. The van der Waals surface area contributed by atoms with Gasteiger partial charge in [-0.05, 0) is 30.3 Å². The van der Waals surface area contributed by atoms with Gasteiger partial charge in [-0.1, -0.05) is 36.9 Å². The second-order valence-corrected chi connectivity index (χ2v) is 10.4. The summed E-state index contributed by atoms with van der Waals surface area (Å²) >= 11 is 0. The Labute approximate surface area is 254 Å². The molecule has 0 aliphatic carbocycles. The number of aromatic nitrogens is 5. The average Bonchev–Trinajstić information content (AvgIpc) is 3.62. The lowest BCUT2D eigenvalue weighted by Crippen LogP contribution is -2.51. The van der Waals surface area contributed by atoms with Crippen LogP contribution >= 0.6 is 0 Å². The molecule has 2 aromatic carbocycles. The highest BCUT2D eigenvalue weighted by Crippen LogP contribution is 2.38. The fourth-order valence-corrected chi connectivity index (χ4v) is 5.13. The number of anilines is 1. The van der Waals surface area contributed by atoms with Crippen molar-refractivity contribution in [1.82, 2.24) is 34.8 Å². The molecule has 1 fully saturated rings. The molecule has 14 heteroatoms. The standard InChI is InChI=1S/C31H26F4N8O2/c1-19(32)29(44)41-17-24(18-41)43-28-25(11-12-36-27(28)26(40-43)20-7-9-22(10-8-20)31(33,34)35)21-15-38-42(16-21)14-13-37-30(45)39-23-5-3-2-4-6-23/h2-12,15-16,24H,1,13-14,17-18H2,(H2,37,39,45). The molecule has 230 valence electrons. The predicted octanol–water partition coefficient (Wildman–Crippen LogP) is 5.67. The van der Waals surface area contributed by atoms with Gasteiger partial charge in [0.15, 0.2) is 5.83 Å². The van der Waals surface area contributed by atoms with E-state index < -0.39 is 23.5 Å². The van der Waals surface area contributed by atoms with Crippen molar-refractivity contribution in [2.45, 2.75) is 18.8 Å². The second kappa shape index (κ2) is 11.9. The molecule has 1 aliphatic rings. The van der Waals surface area contributed by atoms with Crippen LogP contribution in [-0.4, -0.2) is 61.0 Å². The highest BCUT2D eigenvalue weighted by Gasteiger charge is 2.36. The molecule has 0 bridgehead atoms. The molecule has 3 aromatic heterocycles. The molecule has 6 rings (SSSR count). The van der Waals surface area contributed by atoms with E-state index in [1.807, 2.05) is 18.2 Å². The van der Waals surface area contributed by atoms with E-state index in [1.54, 1.807) is 46.2 Å². The third kappa shape index (κ3) is 6.12. The van der Waals surface area contributed by atoms with Crippen LogP contribution in [0.5, 0.6) is 0 Å². The van der Waals surface area contributed by atoms with Gasteiger partial charge in [-0.2, -0.15) is 23.4 Å². The Morgan fingerprint density at radius 1 is 1.00 bits per heavy atom. The number of nitrogens with zero attached hydrogens (tertiary/aromatic N) is 6. The van der Waals surface area contributed by atoms with Gasteiger partial charge in [-0.15, -0.1) is 0 Å². The molecule has 1 saturated heterocycles. The maximum atomic E-state index is 13.5. The van der Waals surface area contributed by atoms with Crippen LogP contribution in [0.25, 0.3) is 33.4 Å². The molecule has 4 heterocycles. The molecule has 3 amide bonds. The largest absolute Gasteiger partial charge is 0.416 e. The predicted molar refractivity (Wildman–Crippen MR) is 159 cm³/mol. The fourth-order valence-electron chi connectivity index (χ4n) is 5.13. The maximum Gasteiger partial charge on any atom is 0.416 e. The van der Waals surface area contributed by atoms with Gasteiger partial charge in [0, 0.05) is 54.4 Å². The van der Waals surface area contributed by atoms with Crippen molar-refractivity contribution in [3.05, 3.63) is 97.2 Å². The summed E-state index contributed by atoms with van der Waals surface area (Å²) in [5.41, 5.74) is 3.11. The van der Waals surface area contributed by atoms with E-state index in [0.717, 1.165) is 12.1 Å². The van der Waals surface area contributed by atoms with Crippen molar-refractivity contribution >= 4 is 28.7 Å². The van der Waals surface area contributed by atoms with E-state index >= 15 is 0 Å². The number of benzene rings is 2. The maximum absolute atomic E-state index is 13.5. The van der Waals surface area contributed by atoms with E-state index in [9.17, 15) is 27.2 Å². The van der Waals surface area contributed by atoms with E-state index in [0.29, 0.717) is 52.2 Å². The first-order valence-corrected chi connectivity index (χ1v) is 13.9. The van der Waals surface area contributed by atoms with E-state index in [-0.39, 0.29) is 25.2 Å². The Hall–Kier alpha value is -5.53. The zero-order chi connectivity index (χ0) is 31.7. The van der Waals surface area contributed by atoms with Crippen LogP contribution in [0, 0.1) is 0 Å². The van der Waals surface area contributed by atoms with Crippen molar-refractivity contribution < 1.29 is 27.2 Å². The van der Waals surface area contributed by atoms with Crippen molar-refractivity contribution in [2.75, 3.05) is 25.0 Å². The topological polar surface area (TPSA) is 110 Å². The van der Waals surface area contributed by atoms with Crippen LogP contribution in [0.3, 0.4) is 0 Å². The minimum Gasteiger partial charge on any atom is -0.336 e. The molecule has 1 aliphatic heterocycles. The molecule has 0 spiro atoms. The number of urea groups is 1. The molecule has 2 N–H and O–H groups in total. The van der Waals surface area contributed by atoms with Crippen molar-refractivity contribution in [3.8, 4) is 22.4 Å². The zero-order valence-electron chi connectivity index (χ0n) is 23.6. The minimum absolute atomic E-state index is 0.162. The molecule has 0 saturated carbocycles. The first-order valence-electron chi connectivity index (χ1n) is 13.9. The summed E-state index contributed by atoms with van der Waals surface area (Å²) in [6, 6.07) is 14.8.